The molecule has 1 aromatic rings. The van der Waals surface area contributed by atoms with Gasteiger partial charge in [-0.1, -0.05) is 19.3 Å². The van der Waals surface area contributed by atoms with Crippen molar-refractivity contribution < 1.29 is 26.9 Å². The Balaban J connectivity index is 1.88. The van der Waals surface area contributed by atoms with E-state index in [-0.39, 0.29) is 5.56 Å². The van der Waals surface area contributed by atoms with Gasteiger partial charge in [0, 0.05) is 18.3 Å². The van der Waals surface area contributed by atoms with Crippen LogP contribution in [0.4, 0.5) is 17.6 Å². The third-order valence-corrected chi connectivity index (χ3v) is 6.07. The average Bonchev–Trinajstić information content (AvgIpc) is 3.09. The first-order chi connectivity index (χ1) is 12.9. The molecule has 4 nitrogen and oxygen atoms in total. The normalized spacial score (nSPS) is 23.8. The molecule has 28 heavy (non-hydrogen) atoms. The molecular weight excluding hydrogens is 375 g/mol. The second kappa shape index (κ2) is 7.48. The molecule has 156 valence electrons. The fourth-order valence-corrected chi connectivity index (χ4v) is 3.73. The van der Waals surface area contributed by atoms with Crippen molar-refractivity contribution in [1.82, 2.24) is 9.78 Å². The summed E-state index contributed by atoms with van der Waals surface area (Å²) in [6.45, 7) is 7.19. The Morgan fingerprint density at radius 3 is 2.25 bits per heavy atom. The molecule has 0 spiro atoms. The van der Waals surface area contributed by atoms with Gasteiger partial charge in [0.2, 0.25) is 0 Å². The molecule has 3 rings (SSSR count). The van der Waals surface area contributed by atoms with Gasteiger partial charge in [-0.3, -0.25) is 4.68 Å². The van der Waals surface area contributed by atoms with Gasteiger partial charge >= 0.3 is 13.3 Å². The van der Waals surface area contributed by atoms with Crippen molar-refractivity contribution in [1.29, 1.82) is 0 Å². The quantitative estimate of drug-likeness (QED) is 0.504. The van der Waals surface area contributed by atoms with Crippen LogP contribution in [-0.4, -0.2) is 34.3 Å². The van der Waals surface area contributed by atoms with E-state index in [1.807, 2.05) is 0 Å². The number of hydrogen-bond donors (Lipinski definition) is 0. The third kappa shape index (κ3) is 4.30. The molecule has 0 amide bonds. The lowest BCUT2D eigenvalue weighted by atomic mass is 9.83. The van der Waals surface area contributed by atoms with Crippen molar-refractivity contribution in [3.05, 3.63) is 23.7 Å². The van der Waals surface area contributed by atoms with Crippen molar-refractivity contribution in [3.63, 3.8) is 0 Å². The number of alkyl halides is 3. The van der Waals surface area contributed by atoms with Crippen LogP contribution in [-0.2, 0) is 15.9 Å². The highest BCUT2D eigenvalue weighted by atomic mass is 19.4. The number of aromatic nitrogens is 2. The van der Waals surface area contributed by atoms with E-state index in [9.17, 15) is 17.6 Å². The van der Waals surface area contributed by atoms with Crippen LogP contribution in [0.25, 0.3) is 5.57 Å². The number of rotatable bonds is 4. The molecule has 0 atom stereocenters. The predicted molar refractivity (Wildman–Crippen MR) is 99.0 cm³/mol. The van der Waals surface area contributed by atoms with Gasteiger partial charge in [-0.25, -0.2) is 4.39 Å². The maximum atomic E-state index is 15.0. The summed E-state index contributed by atoms with van der Waals surface area (Å²) in [7, 11) is -1.71. The van der Waals surface area contributed by atoms with E-state index >= 15 is 0 Å². The number of hydrogen-bond acceptors (Lipinski definition) is 3. The minimum Gasteiger partial charge on any atom is -0.398 e. The Morgan fingerprint density at radius 1 is 1.14 bits per heavy atom. The zero-order valence-electron chi connectivity index (χ0n) is 16.8. The number of allylic oxidation sites excluding steroid dienone is 1. The molecule has 1 saturated carbocycles. The van der Waals surface area contributed by atoms with E-state index < -0.39 is 35.8 Å². The summed E-state index contributed by atoms with van der Waals surface area (Å²) in [5.74, 6) is 0.396. The smallest absolute Gasteiger partial charge is 0.398 e. The standard InChI is InChI=1S/C19H27BF4N2O2/c1-17(2)18(3,4)28-20(27-17)16(21)15(19(22,23)24)14-10-25-26(12-14)11-13-8-6-5-7-9-13/h10,12-13H,5-9,11H2,1-4H3. The van der Waals surface area contributed by atoms with E-state index in [4.69, 9.17) is 9.31 Å². The first-order valence-corrected chi connectivity index (χ1v) is 9.76. The highest BCUT2D eigenvalue weighted by Gasteiger charge is 2.55. The maximum Gasteiger partial charge on any atom is 0.525 e. The summed E-state index contributed by atoms with van der Waals surface area (Å²) in [5.41, 5.74) is -5.03. The number of nitrogens with zero attached hydrogens (tertiary/aromatic N) is 2. The minimum absolute atomic E-state index is 0.310. The Morgan fingerprint density at radius 2 is 1.71 bits per heavy atom. The summed E-state index contributed by atoms with van der Waals surface area (Å²) in [6.07, 6.45) is 2.97. The summed E-state index contributed by atoms with van der Waals surface area (Å²) >= 11 is 0. The van der Waals surface area contributed by atoms with Crippen molar-refractivity contribution in [2.45, 2.75) is 83.7 Å². The van der Waals surface area contributed by atoms with E-state index in [0.29, 0.717) is 12.5 Å². The molecular formula is C19H27BF4N2O2. The van der Waals surface area contributed by atoms with Gasteiger partial charge in [-0.15, -0.1) is 0 Å². The monoisotopic (exact) mass is 402 g/mol. The van der Waals surface area contributed by atoms with Crippen LogP contribution in [0, 0.1) is 5.92 Å². The molecule has 2 aliphatic rings. The maximum absolute atomic E-state index is 15.0. The van der Waals surface area contributed by atoms with Gasteiger partial charge in [-0.2, -0.15) is 18.3 Å². The highest BCUT2D eigenvalue weighted by molar-refractivity contribution is 6.55. The second-order valence-electron chi connectivity index (χ2n) is 8.76. The van der Waals surface area contributed by atoms with E-state index in [2.05, 4.69) is 5.10 Å². The van der Waals surface area contributed by atoms with Crippen LogP contribution in [0.3, 0.4) is 0 Å². The summed E-state index contributed by atoms with van der Waals surface area (Å²) in [4.78, 5) is 0. The third-order valence-electron chi connectivity index (χ3n) is 6.07. The molecule has 0 N–H and O–H groups in total. The largest absolute Gasteiger partial charge is 0.525 e. The lowest BCUT2D eigenvalue weighted by Gasteiger charge is -2.32. The number of halogens is 4. The fraction of sp³-hybridized carbons (Fsp3) is 0.737. The zero-order chi connectivity index (χ0) is 20.7. The van der Waals surface area contributed by atoms with Gasteiger partial charge < -0.3 is 9.31 Å². The van der Waals surface area contributed by atoms with Gasteiger partial charge in [0.05, 0.1) is 23.0 Å². The van der Waals surface area contributed by atoms with Gasteiger partial charge in [0.15, 0.2) is 0 Å². The van der Waals surface area contributed by atoms with E-state index in [0.717, 1.165) is 31.9 Å². The van der Waals surface area contributed by atoms with Crippen molar-refractivity contribution in [2.24, 2.45) is 5.92 Å². The molecule has 1 aromatic heterocycles. The van der Waals surface area contributed by atoms with Crippen LogP contribution < -0.4 is 0 Å². The molecule has 9 heteroatoms. The minimum atomic E-state index is -4.90. The van der Waals surface area contributed by atoms with Crippen molar-refractivity contribution >= 4 is 12.7 Å². The van der Waals surface area contributed by atoms with E-state index in [1.165, 1.54) is 17.3 Å². The SMILES string of the molecule is CC1(C)OB(C(F)=C(c2cnn(CC3CCCCC3)c2)C(F)(F)F)OC1(C)C. The Kier molecular flexibility index (Phi) is 5.71. The average molecular weight is 402 g/mol. The lowest BCUT2D eigenvalue weighted by Crippen LogP contribution is -2.41. The van der Waals surface area contributed by atoms with Crippen LogP contribution in [0.1, 0.15) is 65.4 Å². The molecule has 2 heterocycles. The molecule has 0 radical (unpaired) electrons. The Labute approximate surface area is 163 Å². The van der Waals surface area contributed by atoms with Crippen LogP contribution in [0.2, 0.25) is 0 Å². The van der Waals surface area contributed by atoms with Crippen LogP contribution in [0.5, 0.6) is 0 Å². The Hall–Kier alpha value is -1.35. The van der Waals surface area contributed by atoms with E-state index in [1.54, 1.807) is 27.7 Å². The molecule has 1 saturated heterocycles. The van der Waals surface area contributed by atoms with Gasteiger partial charge in [-0.05, 0) is 46.5 Å². The lowest BCUT2D eigenvalue weighted by molar-refractivity contribution is -0.0699. The second-order valence-corrected chi connectivity index (χ2v) is 8.76. The van der Waals surface area contributed by atoms with Crippen LogP contribution >= 0.6 is 0 Å². The van der Waals surface area contributed by atoms with Gasteiger partial charge in [0.1, 0.15) is 5.73 Å². The first kappa shape index (κ1) is 21.4. The molecule has 0 aromatic carbocycles. The zero-order valence-corrected chi connectivity index (χ0v) is 16.8. The molecule has 0 unspecified atom stereocenters. The fourth-order valence-electron chi connectivity index (χ4n) is 3.73. The topological polar surface area (TPSA) is 36.3 Å². The molecule has 2 fully saturated rings. The molecule has 1 aliphatic carbocycles. The summed E-state index contributed by atoms with van der Waals surface area (Å²) in [6, 6.07) is 0. The molecule has 1 aliphatic heterocycles. The Bertz CT molecular complexity index is 721. The summed E-state index contributed by atoms with van der Waals surface area (Å²) in [5, 5.41) is 4.05. The summed E-state index contributed by atoms with van der Waals surface area (Å²) < 4.78 is 68.6. The predicted octanol–water partition coefficient (Wildman–Crippen LogP) is 5.34. The molecule has 0 bridgehead atoms. The first-order valence-electron chi connectivity index (χ1n) is 9.76. The highest BCUT2D eigenvalue weighted by Crippen LogP contribution is 2.43. The van der Waals surface area contributed by atoms with Crippen LogP contribution in [0.15, 0.2) is 18.1 Å². The van der Waals surface area contributed by atoms with Crippen molar-refractivity contribution in [2.75, 3.05) is 0 Å². The van der Waals surface area contributed by atoms with Gasteiger partial charge in [0.25, 0.3) is 0 Å². The van der Waals surface area contributed by atoms with Crippen molar-refractivity contribution in [3.8, 4) is 0 Å².